The van der Waals surface area contributed by atoms with Crippen LogP contribution in [0.4, 0.5) is 0 Å². The Balaban J connectivity index is 2.80. The summed E-state index contributed by atoms with van der Waals surface area (Å²) in [5.41, 5.74) is 1.84. The van der Waals surface area contributed by atoms with Crippen molar-refractivity contribution >= 4 is 5.91 Å². The van der Waals surface area contributed by atoms with Gasteiger partial charge in [0.2, 0.25) is 5.91 Å². The van der Waals surface area contributed by atoms with Crippen LogP contribution in [0.25, 0.3) is 0 Å². The quantitative estimate of drug-likeness (QED) is 0.859. The van der Waals surface area contributed by atoms with E-state index in [1.54, 1.807) is 4.90 Å². The first-order valence-electron chi connectivity index (χ1n) is 6.75. The Morgan fingerprint density at radius 2 is 1.95 bits per heavy atom. The van der Waals surface area contributed by atoms with Crippen LogP contribution >= 0.6 is 0 Å². The second-order valence-corrected chi connectivity index (χ2v) is 6.10. The average Bonchev–Trinajstić information content (AvgIpc) is 2.35. The van der Waals surface area contributed by atoms with Crippen LogP contribution < -0.4 is 0 Å². The largest absolute Gasteiger partial charge is 0.384 e. The van der Waals surface area contributed by atoms with E-state index >= 15 is 0 Å². The first-order chi connectivity index (χ1) is 9.33. The maximum atomic E-state index is 12.1. The first kappa shape index (κ1) is 16.3. The van der Waals surface area contributed by atoms with E-state index < -0.39 is 0 Å². The van der Waals surface area contributed by atoms with Crippen LogP contribution in [0.3, 0.4) is 0 Å². The molecule has 1 N–H and O–H groups in total. The molecule has 0 spiro atoms. The summed E-state index contributed by atoms with van der Waals surface area (Å²) in [6.07, 6.45) is 0.522. The van der Waals surface area contributed by atoms with Crippen molar-refractivity contribution in [2.45, 2.75) is 33.7 Å². The summed E-state index contributed by atoms with van der Waals surface area (Å²) < 4.78 is 0. The number of rotatable bonds is 3. The van der Waals surface area contributed by atoms with Crippen molar-refractivity contribution in [2.75, 3.05) is 13.7 Å². The van der Waals surface area contributed by atoms with Crippen LogP contribution in [0.1, 0.15) is 38.3 Å². The molecule has 0 unspecified atom stereocenters. The minimum atomic E-state index is -0.160. The summed E-state index contributed by atoms with van der Waals surface area (Å²) in [5, 5.41) is 8.78. The van der Waals surface area contributed by atoms with Crippen LogP contribution in [-0.2, 0) is 11.3 Å². The van der Waals surface area contributed by atoms with Gasteiger partial charge in [-0.25, -0.2) is 0 Å². The molecule has 1 aromatic carbocycles. The average molecular weight is 273 g/mol. The van der Waals surface area contributed by atoms with Crippen LogP contribution in [-0.4, -0.2) is 29.6 Å². The number of amides is 1. The zero-order valence-corrected chi connectivity index (χ0v) is 12.7. The summed E-state index contributed by atoms with van der Waals surface area (Å²) in [4.78, 5) is 13.9. The van der Waals surface area contributed by atoms with E-state index in [1.807, 2.05) is 31.3 Å². The third kappa shape index (κ3) is 5.46. The highest BCUT2D eigenvalue weighted by atomic mass is 16.2. The van der Waals surface area contributed by atoms with Gasteiger partial charge in [-0.05, 0) is 17.0 Å². The van der Waals surface area contributed by atoms with Gasteiger partial charge in [0.25, 0.3) is 0 Å². The predicted molar refractivity (Wildman–Crippen MR) is 81.0 cm³/mol. The highest BCUT2D eigenvalue weighted by Crippen LogP contribution is 2.20. The van der Waals surface area contributed by atoms with Gasteiger partial charge >= 0.3 is 0 Å². The van der Waals surface area contributed by atoms with Crippen LogP contribution in [0, 0.1) is 17.3 Å². The molecule has 3 nitrogen and oxygen atoms in total. The van der Waals surface area contributed by atoms with Gasteiger partial charge in [0.1, 0.15) is 6.61 Å². The minimum Gasteiger partial charge on any atom is -0.384 e. The lowest BCUT2D eigenvalue weighted by atomic mass is 9.91. The molecule has 0 bridgehead atoms. The molecule has 0 fully saturated rings. The molecule has 0 radical (unpaired) electrons. The third-order valence-electron chi connectivity index (χ3n) is 2.83. The fraction of sp³-hybridized carbons (Fsp3) is 0.471. The van der Waals surface area contributed by atoms with Crippen LogP contribution in [0.2, 0.25) is 0 Å². The summed E-state index contributed by atoms with van der Waals surface area (Å²) in [7, 11) is 1.81. The van der Waals surface area contributed by atoms with E-state index in [9.17, 15) is 4.79 Å². The molecule has 0 heterocycles. The number of carbonyl (C=O) groups excluding carboxylic acids is 1. The Kier molecular flexibility index (Phi) is 5.79. The fourth-order valence-corrected chi connectivity index (χ4v) is 1.85. The highest BCUT2D eigenvalue weighted by Gasteiger charge is 2.19. The molecule has 0 atom stereocenters. The van der Waals surface area contributed by atoms with Gasteiger partial charge in [0.05, 0.1) is 0 Å². The Morgan fingerprint density at radius 3 is 2.55 bits per heavy atom. The lowest BCUT2D eigenvalue weighted by molar-refractivity contribution is -0.132. The fourth-order valence-electron chi connectivity index (χ4n) is 1.85. The standard InChI is InChI=1S/C17H23NO2/c1-17(2,3)12-16(20)18(4)13-15-9-6-5-8-14(15)10-7-11-19/h5-6,8-9,19H,11-13H2,1-4H3. The van der Waals surface area contributed by atoms with Gasteiger partial charge in [-0.1, -0.05) is 50.8 Å². The maximum absolute atomic E-state index is 12.1. The smallest absolute Gasteiger partial charge is 0.223 e. The van der Waals surface area contributed by atoms with Crippen LogP contribution in [0.15, 0.2) is 24.3 Å². The number of aliphatic hydroxyl groups excluding tert-OH is 1. The third-order valence-corrected chi connectivity index (χ3v) is 2.83. The molecular formula is C17H23NO2. The van der Waals surface area contributed by atoms with Gasteiger partial charge in [-0.2, -0.15) is 0 Å². The highest BCUT2D eigenvalue weighted by molar-refractivity contribution is 5.76. The number of carbonyl (C=O) groups is 1. The molecule has 108 valence electrons. The van der Waals surface area contributed by atoms with Crippen molar-refractivity contribution in [2.24, 2.45) is 5.41 Å². The van der Waals surface area contributed by atoms with Gasteiger partial charge < -0.3 is 10.0 Å². The second kappa shape index (κ2) is 7.12. The molecule has 1 rings (SSSR count). The molecule has 20 heavy (non-hydrogen) atoms. The Hall–Kier alpha value is -1.79. The van der Waals surface area contributed by atoms with E-state index in [2.05, 4.69) is 32.6 Å². The van der Waals surface area contributed by atoms with Crippen molar-refractivity contribution in [3.05, 3.63) is 35.4 Å². The maximum Gasteiger partial charge on any atom is 0.223 e. The molecule has 1 aromatic rings. The molecule has 0 aliphatic rings. The molecule has 0 aliphatic heterocycles. The van der Waals surface area contributed by atoms with Crippen molar-refractivity contribution in [3.63, 3.8) is 0 Å². The number of nitrogens with zero attached hydrogens (tertiary/aromatic N) is 1. The van der Waals surface area contributed by atoms with E-state index in [4.69, 9.17) is 5.11 Å². The molecule has 1 amide bonds. The van der Waals surface area contributed by atoms with Crippen LogP contribution in [0.5, 0.6) is 0 Å². The summed E-state index contributed by atoms with van der Waals surface area (Å²) >= 11 is 0. The molecule has 0 aliphatic carbocycles. The predicted octanol–water partition coefficient (Wildman–Crippen LogP) is 2.43. The lowest BCUT2D eigenvalue weighted by Crippen LogP contribution is -2.29. The first-order valence-corrected chi connectivity index (χ1v) is 6.75. The second-order valence-electron chi connectivity index (χ2n) is 6.10. The number of aliphatic hydroxyl groups is 1. The molecular weight excluding hydrogens is 250 g/mol. The van der Waals surface area contributed by atoms with Crippen molar-refractivity contribution in [1.29, 1.82) is 0 Å². The van der Waals surface area contributed by atoms with Gasteiger partial charge in [-0.15, -0.1) is 0 Å². The summed E-state index contributed by atoms with van der Waals surface area (Å²) in [6.45, 7) is 6.54. The summed E-state index contributed by atoms with van der Waals surface area (Å²) in [5.74, 6) is 5.69. The zero-order chi connectivity index (χ0) is 15.2. The Bertz CT molecular complexity index is 518. The van der Waals surface area contributed by atoms with E-state index in [-0.39, 0.29) is 17.9 Å². The Labute approximate surface area is 121 Å². The number of hydrogen-bond donors (Lipinski definition) is 1. The molecule has 0 saturated heterocycles. The molecule has 0 saturated carbocycles. The van der Waals surface area contributed by atoms with E-state index in [0.717, 1.165) is 11.1 Å². The molecule has 3 heteroatoms. The van der Waals surface area contributed by atoms with Crippen molar-refractivity contribution < 1.29 is 9.90 Å². The number of hydrogen-bond acceptors (Lipinski definition) is 2. The van der Waals surface area contributed by atoms with Crippen molar-refractivity contribution in [3.8, 4) is 11.8 Å². The molecule has 0 aromatic heterocycles. The lowest BCUT2D eigenvalue weighted by Gasteiger charge is -2.23. The topological polar surface area (TPSA) is 40.5 Å². The van der Waals surface area contributed by atoms with Gasteiger partial charge in [0, 0.05) is 25.6 Å². The Morgan fingerprint density at radius 1 is 1.30 bits per heavy atom. The van der Waals surface area contributed by atoms with Gasteiger partial charge in [-0.3, -0.25) is 4.79 Å². The number of benzene rings is 1. The van der Waals surface area contributed by atoms with E-state index in [0.29, 0.717) is 13.0 Å². The SMILES string of the molecule is CN(Cc1ccccc1C#CCO)C(=O)CC(C)(C)C. The zero-order valence-electron chi connectivity index (χ0n) is 12.7. The minimum absolute atomic E-state index is 0.0123. The summed E-state index contributed by atoms with van der Waals surface area (Å²) in [6, 6.07) is 7.70. The van der Waals surface area contributed by atoms with E-state index in [1.165, 1.54) is 0 Å². The van der Waals surface area contributed by atoms with Gasteiger partial charge in [0.15, 0.2) is 0 Å². The normalized spacial score (nSPS) is 10.7. The van der Waals surface area contributed by atoms with Crippen molar-refractivity contribution in [1.82, 2.24) is 4.90 Å². The monoisotopic (exact) mass is 273 g/mol.